The van der Waals surface area contributed by atoms with Crippen LogP contribution in [-0.2, 0) is 4.79 Å². The second-order valence-corrected chi connectivity index (χ2v) is 3.65. The topological polar surface area (TPSA) is 40.5 Å². The molecule has 1 fully saturated rings. The van der Waals surface area contributed by atoms with Crippen molar-refractivity contribution in [2.24, 2.45) is 0 Å². The number of amides is 1. The molecule has 4 heteroatoms. The van der Waals surface area contributed by atoms with E-state index in [0.717, 1.165) is 25.8 Å². The van der Waals surface area contributed by atoms with E-state index < -0.39 is 0 Å². The van der Waals surface area contributed by atoms with Crippen molar-refractivity contribution in [2.75, 3.05) is 19.0 Å². The summed E-state index contributed by atoms with van der Waals surface area (Å²) in [5.41, 5.74) is 0. The van der Waals surface area contributed by atoms with Crippen LogP contribution >= 0.6 is 11.6 Å². The van der Waals surface area contributed by atoms with Crippen molar-refractivity contribution in [2.45, 2.75) is 31.7 Å². The number of alkyl halides is 1. The van der Waals surface area contributed by atoms with Crippen LogP contribution in [-0.4, -0.2) is 41.0 Å². The monoisotopic (exact) mass is 205 g/mol. The zero-order chi connectivity index (χ0) is 9.68. The first-order chi connectivity index (χ1) is 6.29. The molecule has 1 atom stereocenters. The molecular formula is C9H16ClNO2. The number of hydrogen-bond acceptors (Lipinski definition) is 2. The minimum absolute atomic E-state index is 0.000170. The molecule has 1 rings (SSSR count). The Morgan fingerprint density at radius 2 is 2.31 bits per heavy atom. The van der Waals surface area contributed by atoms with E-state index in [-0.39, 0.29) is 24.4 Å². The third kappa shape index (κ3) is 2.85. The first-order valence-electron chi connectivity index (χ1n) is 4.76. The van der Waals surface area contributed by atoms with Crippen LogP contribution in [0.2, 0.25) is 0 Å². The fourth-order valence-electron chi connectivity index (χ4n) is 1.85. The highest BCUT2D eigenvalue weighted by molar-refractivity contribution is 6.27. The van der Waals surface area contributed by atoms with Crippen molar-refractivity contribution in [1.29, 1.82) is 0 Å². The summed E-state index contributed by atoms with van der Waals surface area (Å²) in [6.07, 6.45) is 3.90. The zero-order valence-corrected chi connectivity index (χ0v) is 8.46. The molecule has 0 aromatic rings. The molecule has 0 bridgehead atoms. The van der Waals surface area contributed by atoms with Gasteiger partial charge in [0.25, 0.3) is 0 Å². The van der Waals surface area contributed by atoms with Gasteiger partial charge in [-0.25, -0.2) is 0 Å². The van der Waals surface area contributed by atoms with Gasteiger partial charge in [0.05, 0.1) is 0 Å². The van der Waals surface area contributed by atoms with Gasteiger partial charge in [-0.1, -0.05) is 0 Å². The van der Waals surface area contributed by atoms with Crippen molar-refractivity contribution in [3.63, 3.8) is 0 Å². The van der Waals surface area contributed by atoms with Crippen molar-refractivity contribution in [1.82, 2.24) is 4.90 Å². The highest BCUT2D eigenvalue weighted by Gasteiger charge is 2.25. The largest absolute Gasteiger partial charge is 0.396 e. The van der Waals surface area contributed by atoms with E-state index in [2.05, 4.69) is 0 Å². The van der Waals surface area contributed by atoms with E-state index >= 15 is 0 Å². The zero-order valence-electron chi connectivity index (χ0n) is 7.71. The van der Waals surface area contributed by atoms with Crippen LogP contribution < -0.4 is 0 Å². The number of aliphatic hydroxyl groups excluding tert-OH is 1. The summed E-state index contributed by atoms with van der Waals surface area (Å²) in [6.45, 7) is 0.951. The highest BCUT2D eigenvalue weighted by Crippen LogP contribution is 2.19. The van der Waals surface area contributed by atoms with E-state index in [0.29, 0.717) is 6.42 Å². The van der Waals surface area contributed by atoms with Crippen LogP contribution in [0.3, 0.4) is 0 Å². The van der Waals surface area contributed by atoms with Gasteiger partial charge in [0.2, 0.25) is 5.91 Å². The summed E-state index contributed by atoms with van der Waals surface area (Å²) in [5.74, 6) is 0.0573. The van der Waals surface area contributed by atoms with Gasteiger partial charge in [-0.3, -0.25) is 4.79 Å². The van der Waals surface area contributed by atoms with Crippen molar-refractivity contribution in [3.05, 3.63) is 0 Å². The van der Waals surface area contributed by atoms with E-state index in [1.54, 1.807) is 0 Å². The molecule has 1 unspecified atom stereocenters. The Morgan fingerprint density at radius 1 is 1.54 bits per heavy atom. The Labute approximate surface area is 83.7 Å². The Balaban J connectivity index is 2.50. The number of carbonyl (C=O) groups excluding carboxylic acids is 1. The highest BCUT2D eigenvalue weighted by atomic mass is 35.5. The number of halogens is 1. The first-order valence-corrected chi connectivity index (χ1v) is 5.29. The number of hydrogen-bond donors (Lipinski definition) is 1. The summed E-state index contributed by atoms with van der Waals surface area (Å²) in [6, 6.07) is 0.213. The minimum atomic E-state index is -0.000170. The predicted octanol–water partition coefficient (Wildman–Crippen LogP) is 0.989. The molecule has 1 heterocycles. The summed E-state index contributed by atoms with van der Waals surface area (Å²) >= 11 is 5.50. The molecule has 1 amide bonds. The molecule has 0 spiro atoms. The quantitative estimate of drug-likeness (QED) is 0.699. The third-order valence-electron chi connectivity index (χ3n) is 2.52. The SMILES string of the molecule is O=C(CCl)N1CCCCC1CCO. The van der Waals surface area contributed by atoms with Gasteiger partial charge >= 0.3 is 0 Å². The Kier molecular flexibility index (Phi) is 4.53. The maximum Gasteiger partial charge on any atom is 0.237 e. The Bertz CT molecular complexity index is 173. The fraction of sp³-hybridized carbons (Fsp3) is 0.889. The normalized spacial score (nSPS) is 23.2. The Morgan fingerprint density at radius 3 is 2.92 bits per heavy atom. The second-order valence-electron chi connectivity index (χ2n) is 3.38. The van der Waals surface area contributed by atoms with Crippen molar-refractivity contribution >= 4 is 17.5 Å². The van der Waals surface area contributed by atoms with E-state index in [9.17, 15) is 4.79 Å². The summed E-state index contributed by atoms with van der Waals surface area (Å²) in [4.78, 5) is 13.2. The smallest absolute Gasteiger partial charge is 0.237 e. The van der Waals surface area contributed by atoms with Gasteiger partial charge in [-0.15, -0.1) is 11.6 Å². The molecular weight excluding hydrogens is 190 g/mol. The Hall–Kier alpha value is -0.280. The molecule has 0 radical (unpaired) electrons. The lowest BCUT2D eigenvalue weighted by Gasteiger charge is -2.35. The second kappa shape index (κ2) is 5.45. The lowest BCUT2D eigenvalue weighted by Crippen LogP contribution is -2.44. The van der Waals surface area contributed by atoms with Crippen LogP contribution in [0, 0.1) is 0 Å². The summed E-state index contributed by atoms with van der Waals surface area (Å²) in [5, 5.41) is 8.82. The third-order valence-corrected chi connectivity index (χ3v) is 2.75. The number of carbonyl (C=O) groups is 1. The average Bonchev–Trinajstić information content (AvgIpc) is 2.18. The maximum atomic E-state index is 11.4. The van der Waals surface area contributed by atoms with Crippen LogP contribution in [0.25, 0.3) is 0 Å². The molecule has 0 aromatic heterocycles. The van der Waals surface area contributed by atoms with Gasteiger partial charge < -0.3 is 10.0 Å². The number of likely N-dealkylation sites (tertiary alicyclic amines) is 1. The molecule has 0 aromatic carbocycles. The van der Waals surface area contributed by atoms with Crippen LogP contribution in [0.1, 0.15) is 25.7 Å². The molecule has 1 aliphatic rings. The number of piperidine rings is 1. The number of nitrogens with zero attached hydrogens (tertiary/aromatic N) is 1. The number of rotatable bonds is 3. The van der Waals surface area contributed by atoms with Crippen LogP contribution in [0.15, 0.2) is 0 Å². The molecule has 76 valence electrons. The predicted molar refractivity (Wildman–Crippen MR) is 51.8 cm³/mol. The molecule has 13 heavy (non-hydrogen) atoms. The number of aliphatic hydroxyl groups is 1. The first kappa shape index (κ1) is 10.8. The van der Waals surface area contributed by atoms with Crippen LogP contribution in [0.4, 0.5) is 0 Å². The molecule has 3 nitrogen and oxygen atoms in total. The van der Waals surface area contributed by atoms with Gasteiger partial charge in [0, 0.05) is 19.2 Å². The minimum Gasteiger partial charge on any atom is -0.396 e. The maximum absolute atomic E-state index is 11.4. The van der Waals surface area contributed by atoms with Gasteiger partial charge in [-0.2, -0.15) is 0 Å². The van der Waals surface area contributed by atoms with Crippen molar-refractivity contribution < 1.29 is 9.90 Å². The van der Waals surface area contributed by atoms with Crippen LogP contribution in [0.5, 0.6) is 0 Å². The summed E-state index contributed by atoms with van der Waals surface area (Å²) in [7, 11) is 0. The molecule has 1 N–H and O–H groups in total. The molecule has 0 aliphatic carbocycles. The van der Waals surface area contributed by atoms with Gasteiger partial charge in [0.15, 0.2) is 0 Å². The lowest BCUT2D eigenvalue weighted by atomic mass is 10.00. The average molecular weight is 206 g/mol. The van der Waals surface area contributed by atoms with E-state index in [4.69, 9.17) is 16.7 Å². The molecule has 1 saturated heterocycles. The fourth-order valence-corrected chi connectivity index (χ4v) is 2.01. The lowest BCUT2D eigenvalue weighted by molar-refractivity contribution is -0.132. The standard InChI is InChI=1S/C9H16ClNO2/c10-7-9(13)11-5-2-1-3-8(11)4-6-12/h8,12H,1-7H2. The van der Waals surface area contributed by atoms with E-state index in [1.165, 1.54) is 0 Å². The van der Waals surface area contributed by atoms with Crippen molar-refractivity contribution in [3.8, 4) is 0 Å². The van der Waals surface area contributed by atoms with Gasteiger partial charge in [-0.05, 0) is 25.7 Å². The summed E-state index contributed by atoms with van der Waals surface area (Å²) < 4.78 is 0. The van der Waals surface area contributed by atoms with E-state index in [1.807, 2.05) is 4.90 Å². The molecule has 1 aliphatic heterocycles. The molecule has 0 saturated carbocycles. The van der Waals surface area contributed by atoms with Gasteiger partial charge in [0.1, 0.15) is 5.88 Å².